The van der Waals surface area contributed by atoms with Crippen LogP contribution in [0.3, 0.4) is 0 Å². The number of alkyl halides is 1. The zero-order valence-corrected chi connectivity index (χ0v) is 14.1. The van der Waals surface area contributed by atoms with E-state index in [4.69, 9.17) is 0 Å². The minimum atomic E-state index is -0.137. The highest BCUT2D eigenvalue weighted by Crippen LogP contribution is 2.17. The molecule has 1 aliphatic heterocycles. The van der Waals surface area contributed by atoms with E-state index in [2.05, 4.69) is 15.9 Å². The van der Waals surface area contributed by atoms with Crippen molar-refractivity contribution in [3.05, 3.63) is 22.4 Å². The lowest BCUT2D eigenvalue weighted by Crippen LogP contribution is -2.52. The minimum absolute atomic E-state index is 0.0672. The van der Waals surface area contributed by atoms with Crippen LogP contribution in [-0.4, -0.2) is 52.6 Å². The minimum Gasteiger partial charge on any atom is -0.338 e. The summed E-state index contributed by atoms with van der Waals surface area (Å²) in [6.07, 6.45) is 0. The summed E-state index contributed by atoms with van der Waals surface area (Å²) in [5.74, 6) is 0.466. The summed E-state index contributed by atoms with van der Waals surface area (Å²) in [4.78, 5) is 28.0. The van der Waals surface area contributed by atoms with Gasteiger partial charge in [0, 0.05) is 31.6 Å². The quantitative estimate of drug-likeness (QED) is 0.778. The largest absolute Gasteiger partial charge is 0.338 e. The fraction of sp³-hybridized carbons (Fsp3) is 0.571. The molecule has 110 valence electrons. The molecule has 6 heteroatoms. The summed E-state index contributed by atoms with van der Waals surface area (Å²) in [5, 5.41) is 3.78. The third kappa shape index (κ3) is 3.41. The Labute approximate surface area is 131 Å². The molecule has 0 aromatic carbocycles. The van der Waals surface area contributed by atoms with Gasteiger partial charge in [-0.3, -0.25) is 9.59 Å². The van der Waals surface area contributed by atoms with E-state index < -0.39 is 0 Å². The monoisotopic (exact) mass is 358 g/mol. The lowest BCUT2D eigenvalue weighted by atomic mass is 10.1. The molecule has 0 bridgehead atoms. The van der Waals surface area contributed by atoms with Crippen LogP contribution < -0.4 is 0 Å². The van der Waals surface area contributed by atoms with Gasteiger partial charge in [0.25, 0.3) is 5.91 Å². The van der Waals surface area contributed by atoms with E-state index in [-0.39, 0.29) is 22.6 Å². The summed E-state index contributed by atoms with van der Waals surface area (Å²) in [7, 11) is 0. The van der Waals surface area contributed by atoms with Crippen molar-refractivity contribution in [2.24, 2.45) is 5.92 Å². The number of carbonyl (C=O) groups is 2. The van der Waals surface area contributed by atoms with Crippen molar-refractivity contribution in [3.8, 4) is 0 Å². The molecule has 1 fully saturated rings. The summed E-state index contributed by atoms with van der Waals surface area (Å²) in [6, 6.07) is 1.85. The second-order valence-corrected chi connectivity index (χ2v) is 7.04. The molecule has 1 aromatic heterocycles. The zero-order chi connectivity index (χ0) is 14.7. The molecule has 2 rings (SSSR count). The van der Waals surface area contributed by atoms with Gasteiger partial charge in [0.05, 0.1) is 10.4 Å². The first kappa shape index (κ1) is 15.5. The molecule has 0 aliphatic carbocycles. The van der Waals surface area contributed by atoms with Crippen molar-refractivity contribution in [3.63, 3.8) is 0 Å². The fourth-order valence-electron chi connectivity index (χ4n) is 2.16. The van der Waals surface area contributed by atoms with Gasteiger partial charge in [-0.25, -0.2) is 0 Å². The number of hydrogen-bond donors (Lipinski definition) is 0. The summed E-state index contributed by atoms with van der Waals surface area (Å²) >= 11 is 4.97. The van der Waals surface area contributed by atoms with Crippen molar-refractivity contribution >= 4 is 39.1 Å². The van der Waals surface area contributed by atoms with E-state index in [9.17, 15) is 9.59 Å². The molecule has 2 heterocycles. The van der Waals surface area contributed by atoms with E-state index >= 15 is 0 Å². The van der Waals surface area contributed by atoms with Gasteiger partial charge in [0.15, 0.2) is 0 Å². The van der Waals surface area contributed by atoms with Crippen molar-refractivity contribution in [1.82, 2.24) is 9.80 Å². The van der Waals surface area contributed by atoms with Crippen LogP contribution in [0, 0.1) is 5.92 Å². The molecule has 1 aromatic rings. The Bertz CT molecular complexity index is 468. The molecule has 0 N–H and O–H groups in total. The molecule has 0 spiro atoms. The second-order valence-electron chi connectivity index (χ2n) is 5.28. The number of carbonyl (C=O) groups excluding carboxylic acids is 2. The first-order valence-corrected chi connectivity index (χ1v) is 8.61. The average Bonchev–Trinajstić information content (AvgIpc) is 2.99. The highest BCUT2D eigenvalue weighted by atomic mass is 79.9. The molecule has 1 saturated heterocycles. The Morgan fingerprint density at radius 1 is 1.20 bits per heavy atom. The normalized spacial score (nSPS) is 17.4. The molecule has 0 saturated carbocycles. The van der Waals surface area contributed by atoms with Crippen molar-refractivity contribution < 1.29 is 9.59 Å². The van der Waals surface area contributed by atoms with Crippen LogP contribution in [0.25, 0.3) is 0 Å². The van der Waals surface area contributed by atoms with Crippen molar-refractivity contribution in [2.45, 2.75) is 18.7 Å². The van der Waals surface area contributed by atoms with Gasteiger partial charge in [-0.1, -0.05) is 29.8 Å². The molecule has 2 amide bonds. The van der Waals surface area contributed by atoms with Crippen LogP contribution in [-0.2, 0) is 4.79 Å². The molecule has 0 radical (unpaired) electrons. The van der Waals surface area contributed by atoms with E-state index in [0.717, 1.165) is 5.56 Å². The molecular formula is C14H19BrN2O2S. The van der Waals surface area contributed by atoms with Crippen molar-refractivity contribution in [1.29, 1.82) is 0 Å². The lowest BCUT2D eigenvalue weighted by molar-refractivity contribution is -0.132. The molecule has 1 aliphatic rings. The van der Waals surface area contributed by atoms with Crippen LogP contribution in [0.4, 0.5) is 0 Å². The molecule has 1 unspecified atom stereocenters. The highest BCUT2D eigenvalue weighted by Gasteiger charge is 2.29. The summed E-state index contributed by atoms with van der Waals surface area (Å²) in [5.41, 5.74) is 0.746. The van der Waals surface area contributed by atoms with Gasteiger partial charge in [0.1, 0.15) is 0 Å². The lowest BCUT2D eigenvalue weighted by Gasteiger charge is -2.36. The average molecular weight is 359 g/mol. The molecular weight excluding hydrogens is 340 g/mol. The number of halogens is 1. The number of amides is 2. The Balaban J connectivity index is 1.89. The van der Waals surface area contributed by atoms with Gasteiger partial charge in [-0.15, -0.1) is 0 Å². The summed E-state index contributed by atoms with van der Waals surface area (Å²) < 4.78 is 0. The Hall–Kier alpha value is -0.880. The molecule has 1 atom stereocenters. The van der Waals surface area contributed by atoms with Crippen LogP contribution in [0.15, 0.2) is 16.8 Å². The van der Waals surface area contributed by atoms with Gasteiger partial charge >= 0.3 is 0 Å². The number of thiophene rings is 1. The predicted molar refractivity (Wildman–Crippen MR) is 84.4 cm³/mol. The van der Waals surface area contributed by atoms with Crippen LogP contribution in [0.5, 0.6) is 0 Å². The number of hydrogen-bond acceptors (Lipinski definition) is 3. The first-order valence-electron chi connectivity index (χ1n) is 6.75. The van der Waals surface area contributed by atoms with Gasteiger partial charge in [0.2, 0.25) is 5.91 Å². The van der Waals surface area contributed by atoms with Gasteiger partial charge in [-0.2, -0.15) is 11.3 Å². The number of piperazine rings is 1. The topological polar surface area (TPSA) is 40.6 Å². The van der Waals surface area contributed by atoms with E-state index in [1.165, 1.54) is 11.3 Å². The van der Waals surface area contributed by atoms with E-state index in [1.54, 1.807) is 0 Å². The maximum Gasteiger partial charge on any atom is 0.254 e. The van der Waals surface area contributed by atoms with Gasteiger partial charge < -0.3 is 9.80 Å². The molecule has 4 nitrogen and oxygen atoms in total. The third-order valence-electron chi connectivity index (χ3n) is 3.47. The fourth-order valence-corrected chi connectivity index (χ4v) is 3.08. The number of rotatable bonds is 3. The number of nitrogens with zero attached hydrogens (tertiary/aromatic N) is 2. The van der Waals surface area contributed by atoms with Crippen LogP contribution in [0.1, 0.15) is 24.2 Å². The Morgan fingerprint density at radius 2 is 1.80 bits per heavy atom. The first-order chi connectivity index (χ1) is 9.50. The molecule has 20 heavy (non-hydrogen) atoms. The standard InChI is InChI=1S/C14H19BrN2O2S/c1-10(2)12(15)14(19)17-6-4-16(5-7-17)13(18)11-3-8-20-9-11/h3,8-10,12H,4-7H2,1-2H3. The predicted octanol–water partition coefficient (Wildman–Crippen LogP) is 2.45. The Kier molecular flexibility index (Phi) is 5.21. The highest BCUT2D eigenvalue weighted by molar-refractivity contribution is 9.10. The van der Waals surface area contributed by atoms with E-state index in [0.29, 0.717) is 26.2 Å². The Morgan fingerprint density at radius 3 is 2.30 bits per heavy atom. The second kappa shape index (κ2) is 6.72. The smallest absolute Gasteiger partial charge is 0.254 e. The SMILES string of the molecule is CC(C)C(Br)C(=O)N1CCN(C(=O)c2ccsc2)CC1. The van der Waals surface area contributed by atoms with Crippen LogP contribution >= 0.6 is 27.3 Å². The third-order valence-corrected chi connectivity index (χ3v) is 5.60. The van der Waals surface area contributed by atoms with Crippen molar-refractivity contribution in [2.75, 3.05) is 26.2 Å². The zero-order valence-electron chi connectivity index (χ0n) is 11.7. The maximum atomic E-state index is 12.2. The van der Waals surface area contributed by atoms with E-state index in [1.807, 2.05) is 40.5 Å². The summed E-state index contributed by atoms with van der Waals surface area (Å²) in [6.45, 7) is 6.49. The maximum absolute atomic E-state index is 12.2. The van der Waals surface area contributed by atoms with Gasteiger partial charge in [-0.05, 0) is 17.4 Å². The van der Waals surface area contributed by atoms with Crippen LogP contribution in [0.2, 0.25) is 0 Å².